The first-order valence-electron chi connectivity index (χ1n) is 23.2. The summed E-state index contributed by atoms with van der Waals surface area (Å²) in [6.45, 7) is 13.3. The molecule has 1 amide bonds. The predicted octanol–water partition coefficient (Wildman–Crippen LogP) is 7.46. The summed E-state index contributed by atoms with van der Waals surface area (Å²) >= 11 is 2.11. The fourth-order valence-electron chi connectivity index (χ4n) is 10.0. The van der Waals surface area contributed by atoms with E-state index in [0.29, 0.717) is 56.9 Å². The average molecular weight is 1050 g/mol. The number of fused-ring (bicyclic) bond motifs is 3. The molecule has 2 saturated heterocycles. The molecule has 66 heavy (non-hydrogen) atoms. The van der Waals surface area contributed by atoms with E-state index in [2.05, 4.69) is 29.2 Å². The van der Waals surface area contributed by atoms with Crippen molar-refractivity contribution in [3.63, 3.8) is 0 Å². The van der Waals surface area contributed by atoms with E-state index in [1.807, 2.05) is 39.8 Å². The summed E-state index contributed by atoms with van der Waals surface area (Å²) in [5, 5.41) is 12.1. The molecular weight excluding hydrogens is 982 g/mol. The molecule has 1 saturated carbocycles. The number of esters is 1. The molecule has 13 atom stereocenters. The number of aliphatic hydroxyl groups is 1. The van der Waals surface area contributed by atoms with E-state index >= 15 is 0 Å². The van der Waals surface area contributed by atoms with Gasteiger partial charge >= 0.3 is 5.97 Å². The number of amides is 1. The molecule has 0 radical (unpaired) electrons. The van der Waals surface area contributed by atoms with Crippen LogP contribution in [0.4, 0.5) is 0 Å². The Morgan fingerprint density at radius 3 is 2.26 bits per heavy atom. The van der Waals surface area contributed by atoms with Crippen LogP contribution in [-0.4, -0.2) is 118 Å². The lowest BCUT2D eigenvalue weighted by molar-refractivity contribution is -0.302. The van der Waals surface area contributed by atoms with Crippen LogP contribution >= 0.6 is 22.6 Å². The fraction of sp³-hybridized carbons (Fsp3) is 0.640. The van der Waals surface area contributed by atoms with Gasteiger partial charge in [0.05, 0.1) is 23.2 Å². The van der Waals surface area contributed by atoms with Crippen LogP contribution in [0.3, 0.4) is 0 Å². The number of hydrogen-bond acceptors (Lipinski definition) is 13. The van der Waals surface area contributed by atoms with Crippen LogP contribution in [0.15, 0.2) is 77.3 Å². The smallest absolute Gasteiger partial charge is 0.329 e. The summed E-state index contributed by atoms with van der Waals surface area (Å²) in [6, 6.07) is 5.29. The number of benzene rings is 1. The number of cyclic esters (lactones) is 1. The molecule has 13 unspecified atom stereocenters. The van der Waals surface area contributed by atoms with E-state index in [1.54, 1.807) is 31.2 Å². The van der Waals surface area contributed by atoms with Gasteiger partial charge in [-0.3, -0.25) is 18.6 Å². The van der Waals surface area contributed by atoms with E-state index in [4.69, 9.17) is 27.9 Å². The van der Waals surface area contributed by atoms with Gasteiger partial charge in [-0.25, -0.2) is 4.79 Å². The number of halogens is 1. The van der Waals surface area contributed by atoms with Crippen molar-refractivity contribution in [2.45, 2.75) is 152 Å². The molecule has 2 bridgehead atoms. The standard InChI is InChI=1S/C50H70INO13S/c1-10-13-36-25-30(2)24-31(3)26-43(61-8)46-44(62-9)28-34(6)50(57,64-46)47(54)48(55)52-23-12-11-14-39(52)49(56)63-45(32(4)15-21-40(36)53)33(5)27-35-16-22-41(42(29-35)60-7)65-66(58,59)38-19-17-37(51)18-20-38/h10,15,17-21,25,27,31-32,34-36,39,41-46,57H,1,11-14,16,22-24,26,28-29H2,2-9H3/b21-15-,30-25-,33-27+. The Morgan fingerprint density at radius 1 is 0.939 bits per heavy atom. The fourth-order valence-corrected chi connectivity index (χ4v) is 11.5. The molecule has 14 nitrogen and oxygen atoms in total. The zero-order chi connectivity index (χ0) is 48.5. The van der Waals surface area contributed by atoms with Gasteiger partial charge in [0.1, 0.15) is 24.4 Å². The maximum atomic E-state index is 14.5. The van der Waals surface area contributed by atoms with Gasteiger partial charge in [-0.1, -0.05) is 50.6 Å². The third-order valence-electron chi connectivity index (χ3n) is 13.7. The number of methoxy groups -OCH3 is 3. The van der Waals surface area contributed by atoms with Crippen molar-refractivity contribution >= 4 is 56.2 Å². The van der Waals surface area contributed by atoms with Gasteiger partial charge in [0.2, 0.25) is 5.79 Å². The zero-order valence-electron chi connectivity index (χ0n) is 39.7. The predicted molar refractivity (Wildman–Crippen MR) is 256 cm³/mol. The van der Waals surface area contributed by atoms with Crippen molar-refractivity contribution < 1.29 is 60.6 Å². The normalized spacial score (nSPS) is 36.3. The SMILES string of the molecule is C=CCC1/C=C(/C)CC(C)CC(OC)C2OC(O)(C(=O)C(=O)N3CCCCC3C(=O)OC(/C(C)=C/C3CCC(OS(=O)(=O)c4ccc(I)cc4)C(OC)C3)C(C)/C=C\C1=O)C(C)CC2OC. The lowest BCUT2D eigenvalue weighted by Gasteiger charge is -2.47. The number of allylic oxidation sites excluding steroid dienone is 5. The van der Waals surface area contributed by atoms with Crippen LogP contribution in [0.5, 0.6) is 0 Å². The lowest BCUT2D eigenvalue weighted by Crippen LogP contribution is -2.64. The maximum Gasteiger partial charge on any atom is 0.329 e. The topological polar surface area (TPSA) is 181 Å². The van der Waals surface area contributed by atoms with E-state index in [1.165, 1.54) is 44.4 Å². The van der Waals surface area contributed by atoms with Gasteiger partial charge in [0.15, 0.2) is 5.78 Å². The first-order valence-corrected chi connectivity index (χ1v) is 25.7. The quantitative estimate of drug-likeness (QED) is 0.0803. The van der Waals surface area contributed by atoms with Crippen LogP contribution < -0.4 is 0 Å². The highest BCUT2D eigenvalue weighted by Gasteiger charge is 2.56. The number of nitrogens with zero attached hydrogens (tertiary/aromatic N) is 1. The largest absolute Gasteiger partial charge is 0.456 e. The molecule has 4 aliphatic rings. The van der Waals surface area contributed by atoms with Gasteiger partial charge < -0.3 is 33.7 Å². The molecule has 3 fully saturated rings. The van der Waals surface area contributed by atoms with Crippen molar-refractivity contribution in [1.82, 2.24) is 4.90 Å². The monoisotopic (exact) mass is 1050 g/mol. The minimum atomic E-state index is -4.06. The number of piperidine rings is 1. The number of rotatable bonds is 10. The maximum absolute atomic E-state index is 14.5. The number of ketones is 2. The van der Waals surface area contributed by atoms with Gasteiger partial charge in [0.25, 0.3) is 21.8 Å². The molecular formula is C50H70INO13S. The Morgan fingerprint density at radius 2 is 1.61 bits per heavy atom. The molecule has 3 aliphatic heterocycles. The summed E-state index contributed by atoms with van der Waals surface area (Å²) in [6.07, 6.45) is 9.01. The minimum Gasteiger partial charge on any atom is -0.456 e. The number of ether oxygens (including phenoxy) is 5. The summed E-state index contributed by atoms with van der Waals surface area (Å²) < 4.78 is 63.3. The van der Waals surface area contributed by atoms with E-state index < -0.39 is 94.0 Å². The van der Waals surface area contributed by atoms with Crippen LogP contribution in [0.1, 0.15) is 98.8 Å². The van der Waals surface area contributed by atoms with Gasteiger partial charge in [0, 0.05) is 49.2 Å². The second-order valence-electron chi connectivity index (χ2n) is 18.8. The van der Waals surface area contributed by atoms with Crippen LogP contribution in [0, 0.1) is 33.2 Å². The molecule has 3 heterocycles. The first-order chi connectivity index (χ1) is 31.3. The second kappa shape index (κ2) is 24.0. The molecule has 366 valence electrons. The molecule has 0 aromatic heterocycles. The molecule has 1 N–H and O–H groups in total. The highest BCUT2D eigenvalue weighted by molar-refractivity contribution is 14.1. The molecule has 0 spiro atoms. The van der Waals surface area contributed by atoms with Crippen LogP contribution in [0.25, 0.3) is 0 Å². The third-order valence-corrected chi connectivity index (χ3v) is 15.8. The summed E-state index contributed by atoms with van der Waals surface area (Å²) in [5.41, 5.74) is 1.66. The van der Waals surface area contributed by atoms with Gasteiger partial charge in [-0.2, -0.15) is 8.42 Å². The van der Waals surface area contributed by atoms with Crippen molar-refractivity contribution in [2.24, 2.45) is 29.6 Å². The van der Waals surface area contributed by atoms with E-state index in [0.717, 1.165) is 9.14 Å². The molecule has 16 heteroatoms. The average Bonchev–Trinajstić information content (AvgIpc) is 3.29. The Kier molecular flexibility index (Phi) is 19.5. The third kappa shape index (κ3) is 13.2. The molecule has 5 rings (SSSR count). The van der Waals surface area contributed by atoms with E-state index in [-0.39, 0.29) is 41.9 Å². The lowest BCUT2D eigenvalue weighted by atomic mass is 9.82. The highest BCUT2D eigenvalue weighted by atomic mass is 127. The first kappa shape index (κ1) is 53.8. The second-order valence-corrected chi connectivity index (χ2v) is 21.6. The summed E-state index contributed by atoms with van der Waals surface area (Å²) in [4.78, 5) is 58.4. The van der Waals surface area contributed by atoms with Crippen LogP contribution in [0.2, 0.25) is 0 Å². The Labute approximate surface area is 405 Å². The Bertz CT molecular complexity index is 2090. The van der Waals surface area contributed by atoms with E-state index in [9.17, 15) is 32.7 Å². The summed E-state index contributed by atoms with van der Waals surface area (Å²) in [7, 11) is 0.512. The molecule has 1 aliphatic carbocycles. The van der Waals surface area contributed by atoms with Crippen molar-refractivity contribution in [3.05, 3.63) is 75.9 Å². The Hall–Kier alpha value is -3.10. The minimum absolute atomic E-state index is 0.0160. The molecule has 1 aromatic carbocycles. The number of hydrogen-bond donors (Lipinski definition) is 1. The van der Waals surface area contributed by atoms with Crippen LogP contribution in [-0.2, 0) is 57.2 Å². The number of carbonyl (C=O) groups excluding carboxylic acids is 4. The Balaban J connectivity index is 1.49. The number of carbonyl (C=O) groups is 4. The van der Waals surface area contributed by atoms with Crippen molar-refractivity contribution in [3.8, 4) is 0 Å². The van der Waals surface area contributed by atoms with Crippen molar-refractivity contribution in [1.29, 1.82) is 0 Å². The highest BCUT2D eigenvalue weighted by Crippen LogP contribution is 2.39. The van der Waals surface area contributed by atoms with Gasteiger partial charge in [-0.05, 0) is 148 Å². The summed E-state index contributed by atoms with van der Waals surface area (Å²) in [5.74, 6) is -7.57. The van der Waals surface area contributed by atoms with Crippen molar-refractivity contribution in [2.75, 3.05) is 27.9 Å². The number of Topliss-reactive ketones (excluding diaryl/α,β-unsaturated/α-hetero) is 1. The zero-order valence-corrected chi connectivity index (χ0v) is 42.7. The van der Waals surface area contributed by atoms with Gasteiger partial charge in [-0.15, -0.1) is 6.58 Å². The molecule has 1 aromatic rings.